The first-order chi connectivity index (χ1) is 10.8. The van der Waals surface area contributed by atoms with Crippen LogP contribution in [0.1, 0.15) is 34.6 Å². The Hall–Kier alpha value is -1.96. The van der Waals surface area contributed by atoms with Crippen molar-refractivity contribution in [1.29, 1.82) is 0 Å². The molecule has 24 heavy (non-hydrogen) atoms. The average molecular weight is 357 g/mol. The molecule has 0 radical (unpaired) electrons. The van der Waals surface area contributed by atoms with Crippen LogP contribution < -0.4 is 0 Å². The van der Waals surface area contributed by atoms with E-state index in [-0.39, 0.29) is 11.3 Å². The first-order valence-electron chi connectivity index (χ1n) is 7.25. The Balaban J connectivity index is 0.000000351. The molecule has 0 spiro atoms. The summed E-state index contributed by atoms with van der Waals surface area (Å²) in [5, 5.41) is 17.2. The third kappa shape index (κ3) is 3.28. The Morgan fingerprint density at radius 3 is 2.08 bits per heavy atom. The van der Waals surface area contributed by atoms with Gasteiger partial charge in [-0.25, -0.2) is 4.79 Å². The molecule has 2 rings (SSSR count). The van der Waals surface area contributed by atoms with Gasteiger partial charge >= 0.3 is 11.9 Å². The summed E-state index contributed by atoms with van der Waals surface area (Å²) in [7, 11) is -0.527. The monoisotopic (exact) mass is 357 g/mol. The van der Waals surface area contributed by atoms with E-state index in [4.69, 9.17) is 5.11 Å². The van der Waals surface area contributed by atoms with Crippen molar-refractivity contribution in [2.24, 2.45) is 5.41 Å². The van der Waals surface area contributed by atoms with E-state index >= 15 is 0 Å². The highest BCUT2D eigenvalue weighted by Crippen LogP contribution is 2.56. The topological polar surface area (TPSA) is 112 Å². The van der Waals surface area contributed by atoms with Crippen molar-refractivity contribution >= 4 is 40.5 Å². The Kier molecular flexibility index (Phi) is 5.44. The molecule has 0 aliphatic carbocycles. The molecule has 2 fully saturated rings. The van der Waals surface area contributed by atoms with E-state index in [0.29, 0.717) is 11.9 Å². The number of rotatable bonds is 2. The average Bonchev–Trinajstić information content (AvgIpc) is 2.61. The van der Waals surface area contributed by atoms with E-state index in [0.717, 1.165) is 0 Å². The number of amides is 1. The van der Waals surface area contributed by atoms with Gasteiger partial charge in [-0.3, -0.25) is 14.4 Å². The van der Waals surface area contributed by atoms with Crippen LogP contribution in [0.15, 0.2) is 11.6 Å². The van der Waals surface area contributed by atoms with E-state index in [1.54, 1.807) is 34.6 Å². The van der Waals surface area contributed by atoms with E-state index in [2.05, 4.69) is 5.87 Å². The van der Waals surface area contributed by atoms with E-state index in [1.807, 2.05) is 0 Å². The maximum atomic E-state index is 11.8. The van der Waals surface area contributed by atoms with Gasteiger partial charge in [-0.1, -0.05) is 5.87 Å². The molecular formula is C16H23NO6S. The minimum Gasteiger partial charge on any atom is -0.481 e. The first kappa shape index (κ1) is 20.1. The number of carbonyl (C=O) groups is 4. The van der Waals surface area contributed by atoms with Gasteiger partial charge in [0, 0.05) is 4.75 Å². The molecule has 2 saturated heterocycles. The zero-order chi connectivity index (χ0) is 19.0. The summed E-state index contributed by atoms with van der Waals surface area (Å²) in [6.07, 6.45) is 1.78. The maximum absolute atomic E-state index is 11.8. The molecule has 2 heterocycles. The summed E-state index contributed by atoms with van der Waals surface area (Å²) >= 11 is 0. The lowest BCUT2D eigenvalue weighted by atomic mass is 9.96. The molecule has 8 heteroatoms. The second kappa shape index (κ2) is 6.51. The van der Waals surface area contributed by atoms with E-state index in [9.17, 15) is 24.3 Å². The van der Waals surface area contributed by atoms with Gasteiger partial charge in [-0.15, -0.1) is 0 Å². The van der Waals surface area contributed by atoms with Crippen molar-refractivity contribution in [3.05, 3.63) is 11.6 Å². The van der Waals surface area contributed by atoms with Crippen LogP contribution in [0.3, 0.4) is 0 Å². The van der Waals surface area contributed by atoms with Crippen molar-refractivity contribution in [3.8, 4) is 0 Å². The second-order valence-corrected chi connectivity index (χ2v) is 9.51. The van der Waals surface area contributed by atoms with Crippen LogP contribution in [-0.2, 0) is 19.2 Å². The van der Waals surface area contributed by atoms with Crippen LogP contribution in [0.5, 0.6) is 0 Å². The molecule has 0 aromatic heterocycles. The molecular weight excluding hydrogens is 334 g/mol. The zero-order valence-electron chi connectivity index (χ0n) is 14.4. The molecule has 0 bridgehead atoms. The lowest BCUT2D eigenvalue weighted by Gasteiger charge is -2.39. The minimum atomic E-state index is -1.02. The fraction of sp³-hybridized carbons (Fsp3) is 0.562. The molecule has 1 amide bonds. The van der Waals surface area contributed by atoms with Gasteiger partial charge in [0.15, 0.2) is 0 Å². The largest absolute Gasteiger partial charge is 0.481 e. The Labute approximate surface area is 143 Å². The smallest absolute Gasteiger partial charge is 0.327 e. The quantitative estimate of drug-likeness (QED) is 0.334. The van der Waals surface area contributed by atoms with E-state index < -0.39 is 38.6 Å². The fourth-order valence-electron chi connectivity index (χ4n) is 2.40. The Morgan fingerprint density at radius 2 is 1.75 bits per heavy atom. The lowest BCUT2D eigenvalue weighted by molar-refractivity contribution is -0.152. The predicted molar refractivity (Wildman–Crippen MR) is 92.1 cm³/mol. The number of hydrogen-bond acceptors (Lipinski definition) is 4. The third-order valence-electron chi connectivity index (χ3n) is 4.01. The summed E-state index contributed by atoms with van der Waals surface area (Å²) in [5.74, 6) is 1.85. The SMILES string of the molecule is C=S1[C@@H]2/C(=C\C=O)C(=O)N2[C@@H](C(=O)O)C1(C)C.CC(C)(C)C(=O)O. The molecule has 3 atom stereocenters. The Morgan fingerprint density at radius 1 is 1.29 bits per heavy atom. The van der Waals surface area contributed by atoms with Gasteiger partial charge in [0.25, 0.3) is 5.91 Å². The molecule has 1 unspecified atom stereocenters. The van der Waals surface area contributed by atoms with Gasteiger partial charge < -0.3 is 15.1 Å². The number of aliphatic carboxylic acids is 2. The molecule has 0 aromatic rings. The summed E-state index contributed by atoms with van der Waals surface area (Å²) in [4.78, 5) is 44.9. The lowest BCUT2D eigenvalue weighted by Crippen LogP contribution is -2.58. The highest BCUT2D eigenvalue weighted by Gasteiger charge is 2.62. The first-order valence-corrected chi connectivity index (χ1v) is 8.71. The zero-order valence-corrected chi connectivity index (χ0v) is 15.2. The number of hydrogen-bond donors (Lipinski definition) is 2. The van der Waals surface area contributed by atoms with E-state index in [1.165, 1.54) is 11.0 Å². The molecule has 2 N–H and O–H groups in total. The number of carbonyl (C=O) groups excluding carboxylic acids is 2. The standard InChI is InChI=1S/C11H13NO4S.C5H10O2/c1-11(2)7(10(15)16)12-8(14)6(4-5-13)9(12)17(11)3;1-5(2,3)4(6)7/h4-5,7,9H,3H2,1-2H3,(H,15,16);1-3H3,(H,6,7)/b6-4-;/t7-,9+,17?;/m0./s1. The number of carboxylic acids is 2. The molecule has 134 valence electrons. The van der Waals surface area contributed by atoms with Gasteiger partial charge in [0.2, 0.25) is 0 Å². The number of β-lactam (4-membered cyclic amide) rings is 1. The van der Waals surface area contributed by atoms with Crippen molar-refractivity contribution in [3.63, 3.8) is 0 Å². The van der Waals surface area contributed by atoms with Gasteiger partial charge in [0.1, 0.15) is 17.7 Å². The van der Waals surface area contributed by atoms with Gasteiger partial charge in [0.05, 0.1) is 11.0 Å². The second-order valence-electron chi connectivity index (χ2n) is 7.15. The molecule has 2 aliphatic heterocycles. The van der Waals surface area contributed by atoms with Gasteiger partial charge in [-0.05, 0) is 40.7 Å². The van der Waals surface area contributed by atoms with Crippen LogP contribution >= 0.6 is 10.5 Å². The van der Waals surface area contributed by atoms with Crippen molar-refractivity contribution in [2.75, 3.05) is 0 Å². The third-order valence-corrected chi connectivity index (χ3v) is 6.60. The van der Waals surface area contributed by atoms with Gasteiger partial charge in [-0.2, -0.15) is 10.5 Å². The van der Waals surface area contributed by atoms with Crippen LogP contribution in [0, 0.1) is 5.41 Å². The molecule has 0 aromatic carbocycles. The van der Waals surface area contributed by atoms with Crippen molar-refractivity contribution in [1.82, 2.24) is 4.90 Å². The Bertz CT molecular complexity index is 643. The highest BCUT2D eigenvalue weighted by atomic mass is 32.2. The molecule has 2 aliphatic rings. The predicted octanol–water partition coefficient (Wildman–Crippen LogP) is 1.34. The highest BCUT2D eigenvalue weighted by molar-refractivity contribution is 8.16. The summed E-state index contributed by atoms with van der Waals surface area (Å²) in [5.41, 5.74) is -0.199. The summed E-state index contributed by atoms with van der Waals surface area (Å²) in [6, 6.07) is -0.857. The van der Waals surface area contributed by atoms with Crippen LogP contribution in [0.4, 0.5) is 0 Å². The minimum absolute atomic E-state index is 0.316. The fourth-order valence-corrected chi connectivity index (χ4v) is 4.45. The van der Waals surface area contributed by atoms with Crippen LogP contribution in [-0.4, -0.2) is 61.3 Å². The number of fused-ring (bicyclic) bond motifs is 1. The van der Waals surface area contributed by atoms with Crippen LogP contribution in [0.25, 0.3) is 0 Å². The summed E-state index contributed by atoms with van der Waals surface area (Å²) < 4.78 is -0.579. The van der Waals surface area contributed by atoms with Crippen molar-refractivity contribution in [2.45, 2.75) is 50.8 Å². The van der Waals surface area contributed by atoms with Crippen LogP contribution in [0.2, 0.25) is 0 Å². The number of nitrogens with zero attached hydrogens (tertiary/aromatic N) is 1. The number of allylic oxidation sites excluding steroid dienone is 1. The summed E-state index contributed by atoms with van der Waals surface area (Å²) in [6.45, 7) is 8.58. The molecule has 7 nitrogen and oxygen atoms in total. The normalized spacial score (nSPS) is 29.2. The number of aldehydes is 1. The molecule has 0 saturated carbocycles. The van der Waals surface area contributed by atoms with Crippen molar-refractivity contribution < 1.29 is 29.4 Å². The maximum Gasteiger partial charge on any atom is 0.327 e. The number of carboxylic acid groups (broad SMARTS) is 2.